The minimum atomic E-state index is 0.166. The van der Waals surface area contributed by atoms with E-state index in [1.807, 2.05) is 30.3 Å². The van der Waals surface area contributed by atoms with Gasteiger partial charge in [-0.2, -0.15) is 0 Å². The van der Waals surface area contributed by atoms with E-state index in [1.165, 1.54) is 0 Å². The summed E-state index contributed by atoms with van der Waals surface area (Å²) in [6, 6.07) is 9.73. The van der Waals surface area contributed by atoms with Crippen LogP contribution in [0.15, 0.2) is 34.9 Å². The molecule has 0 saturated carbocycles. The van der Waals surface area contributed by atoms with E-state index in [4.69, 9.17) is 14.4 Å². The Morgan fingerprint density at radius 1 is 1.26 bits per heavy atom. The van der Waals surface area contributed by atoms with Crippen LogP contribution in [0.3, 0.4) is 0 Å². The third-order valence-electron chi connectivity index (χ3n) is 2.76. The first-order chi connectivity index (χ1) is 9.33. The largest absolute Gasteiger partial charge is 0.494 e. The van der Waals surface area contributed by atoms with E-state index >= 15 is 0 Å². The summed E-state index contributed by atoms with van der Waals surface area (Å²) in [6.45, 7) is 2.98. The summed E-state index contributed by atoms with van der Waals surface area (Å²) in [5.41, 5.74) is 1.82. The van der Waals surface area contributed by atoms with Gasteiger partial charge in [-0.25, -0.2) is 0 Å². The topological polar surface area (TPSA) is 55.5 Å². The molecule has 4 nitrogen and oxygen atoms in total. The molecule has 4 heteroatoms. The fourth-order valence-electron chi connectivity index (χ4n) is 1.76. The van der Waals surface area contributed by atoms with Crippen LogP contribution in [0, 0.1) is 0 Å². The average Bonchev–Trinajstić information content (AvgIpc) is 2.92. The van der Waals surface area contributed by atoms with E-state index < -0.39 is 0 Å². The lowest BCUT2D eigenvalue weighted by Crippen LogP contribution is -1.94. The molecule has 1 aromatic carbocycles. The number of hydrogen-bond donors (Lipinski definition) is 1. The SMILES string of the molecule is CCCOc1ccc(-c2cc(CCCO)on2)cc1. The highest BCUT2D eigenvalue weighted by Gasteiger charge is 2.06. The standard InChI is InChI=1S/C15H19NO3/c1-2-10-18-13-7-5-12(6-8-13)15-11-14(19-16-15)4-3-9-17/h5-8,11,17H,2-4,9-10H2,1H3. The van der Waals surface area contributed by atoms with E-state index in [2.05, 4.69) is 12.1 Å². The van der Waals surface area contributed by atoms with Crippen LogP contribution in [0.2, 0.25) is 0 Å². The van der Waals surface area contributed by atoms with Gasteiger partial charge in [0.25, 0.3) is 0 Å². The quantitative estimate of drug-likeness (QED) is 0.832. The number of benzene rings is 1. The van der Waals surface area contributed by atoms with Gasteiger partial charge in [-0.15, -0.1) is 0 Å². The molecular weight excluding hydrogens is 242 g/mol. The first-order valence-electron chi connectivity index (χ1n) is 6.63. The molecule has 0 atom stereocenters. The summed E-state index contributed by atoms with van der Waals surface area (Å²) >= 11 is 0. The van der Waals surface area contributed by atoms with Crippen LogP contribution in [0.1, 0.15) is 25.5 Å². The molecule has 1 heterocycles. The van der Waals surface area contributed by atoms with Gasteiger partial charge in [0.2, 0.25) is 0 Å². The molecular formula is C15H19NO3. The fourth-order valence-corrected chi connectivity index (χ4v) is 1.76. The van der Waals surface area contributed by atoms with Gasteiger partial charge in [-0.05, 0) is 37.1 Å². The molecule has 1 aromatic heterocycles. The molecule has 102 valence electrons. The van der Waals surface area contributed by atoms with Gasteiger partial charge < -0.3 is 14.4 Å². The Morgan fingerprint density at radius 2 is 2.05 bits per heavy atom. The maximum absolute atomic E-state index is 8.78. The van der Waals surface area contributed by atoms with Crippen molar-refractivity contribution in [1.82, 2.24) is 5.16 Å². The minimum absolute atomic E-state index is 0.166. The summed E-state index contributed by atoms with van der Waals surface area (Å²) in [6.07, 6.45) is 2.40. The zero-order valence-electron chi connectivity index (χ0n) is 11.1. The van der Waals surface area contributed by atoms with Crippen LogP contribution < -0.4 is 4.74 Å². The third kappa shape index (κ3) is 3.83. The number of aromatic nitrogens is 1. The van der Waals surface area contributed by atoms with Crippen molar-refractivity contribution < 1.29 is 14.4 Å². The van der Waals surface area contributed by atoms with Crippen molar-refractivity contribution in [3.63, 3.8) is 0 Å². The van der Waals surface area contributed by atoms with Crippen LogP contribution in [-0.2, 0) is 6.42 Å². The molecule has 0 bridgehead atoms. The Kier molecular flexibility index (Phi) is 4.98. The van der Waals surface area contributed by atoms with Crippen molar-refractivity contribution in [3.8, 4) is 17.0 Å². The number of rotatable bonds is 7. The van der Waals surface area contributed by atoms with Crippen molar-refractivity contribution in [3.05, 3.63) is 36.1 Å². The number of aliphatic hydroxyl groups excluding tert-OH is 1. The van der Waals surface area contributed by atoms with Crippen molar-refractivity contribution in [2.75, 3.05) is 13.2 Å². The van der Waals surface area contributed by atoms with Crippen LogP contribution in [-0.4, -0.2) is 23.5 Å². The van der Waals surface area contributed by atoms with Crippen LogP contribution in [0.4, 0.5) is 0 Å². The Balaban J connectivity index is 2.02. The van der Waals surface area contributed by atoms with Gasteiger partial charge in [0.1, 0.15) is 17.2 Å². The Labute approximate surface area is 113 Å². The number of aryl methyl sites for hydroxylation is 1. The van der Waals surface area contributed by atoms with Gasteiger partial charge in [0, 0.05) is 24.7 Å². The molecule has 0 radical (unpaired) electrons. The first-order valence-corrected chi connectivity index (χ1v) is 6.63. The molecule has 2 rings (SSSR count). The summed E-state index contributed by atoms with van der Waals surface area (Å²) in [5, 5.41) is 12.8. The highest BCUT2D eigenvalue weighted by molar-refractivity contribution is 5.59. The van der Waals surface area contributed by atoms with Crippen LogP contribution >= 0.6 is 0 Å². The third-order valence-corrected chi connectivity index (χ3v) is 2.76. The molecule has 2 aromatic rings. The monoisotopic (exact) mass is 261 g/mol. The minimum Gasteiger partial charge on any atom is -0.494 e. The van der Waals surface area contributed by atoms with Crippen LogP contribution in [0.5, 0.6) is 5.75 Å². The lowest BCUT2D eigenvalue weighted by atomic mass is 10.1. The van der Waals surface area contributed by atoms with Gasteiger partial charge in [-0.3, -0.25) is 0 Å². The predicted octanol–water partition coefficient (Wildman–Crippen LogP) is 3.06. The number of hydrogen-bond acceptors (Lipinski definition) is 4. The van der Waals surface area contributed by atoms with Gasteiger partial charge in [0.05, 0.1) is 6.61 Å². The zero-order chi connectivity index (χ0) is 13.5. The van der Waals surface area contributed by atoms with Crippen LogP contribution in [0.25, 0.3) is 11.3 Å². The van der Waals surface area contributed by atoms with Crippen molar-refractivity contribution in [2.45, 2.75) is 26.2 Å². The molecule has 0 amide bonds. The number of aliphatic hydroxyl groups is 1. The predicted molar refractivity (Wildman–Crippen MR) is 73.1 cm³/mol. The van der Waals surface area contributed by atoms with E-state index in [-0.39, 0.29) is 6.61 Å². The van der Waals surface area contributed by atoms with Gasteiger partial charge >= 0.3 is 0 Å². The molecule has 0 aliphatic heterocycles. The second-order valence-corrected chi connectivity index (χ2v) is 4.38. The highest BCUT2D eigenvalue weighted by atomic mass is 16.5. The van der Waals surface area contributed by atoms with Crippen molar-refractivity contribution in [2.24, 2.45) is 0 Å². The van der Waals surface area contributed by atoms with Gasteiger partial charge in [-0.1, -0.05) is 12.1 Å². The first kappa shape index (κ1) is 13.6. The molecule has 0 unspecified atom stereocenters. The Hall–Kier alpha value is -1.81. The van der Waals surface area contributed by atoms with Gasteiger partial charge in [0.15, 0.2) is 0 Å². The second-order valence-electron chi connectivity index (χ2n) is 4.38. The summed E-state index contributed by atoms with van der Waals surface area (Å²) < 4.78 is 10.8. The molecule has 1 N–H and O–H groups in total. The molecule has 0 aliphatic rings. The van der Waals surface area contributed by atoms with Crippen molar-refractivity contribution in [1.29, 1.82) is 0 Å². The Bertz CT molecular complexity index is 490. The summed E-state index contributed by atoms with van der Waals surface area (Å²) in [5.74, 6) is 1.67. The summed E-state index contributed by atoms with van der Waals surface area (Å²) in [4.78, 5) is 0. The number of nitrogens with zero attached hydrogens (tertiary/aromatic N) is 1. The molecule has 0 spiro atoms. The number of ether oxygens (including phenoxy) is 1. The lowest BCUT2D eigenvalue weighted by Gasteiger charge is -2.04. The maximum atomic E-state index is 8.78. The Morgan fingerprint density at radius 3 is 2.74 bits per heavy atom. The van der Waals surface area contributed by atoms with E-state index in [0.717, 1.165) is 35.8 Å². The molecule has 0 fully saturated rings. The average molecular weight is 261 g/mol. The van der Waals surface area contributed by atoms with E-state index in [0.29, 0.717) is 12.8 Å². The lowest BCUT2D eigenvalue weighted by molar-refractivity contribution is 0.280. The molecule has 0 saturated heterocycles. The smallest absolute Gasteiger partial charge is 0.137 e. The van der Waals surface area contributed by atoms with E-state index in [1.54, 1.807) is 0 Å². The van der Waals surface area contributed by atoms with Crippen molar-refractivity contribution >= 4 is 0 Å². The molecule has 19 heavy (non-hydrogen) atoms. The second kappa shape index (κ2) is 6.95. The molecule has 0 aliphatic carbocycles. The zero-order valence-corrected chi connectivity index (χ0v) is 11.1. The van der Waals surface area contributed by atoms with E-state index in [9.17, 15) is 0 Å². The maximum Gasteiger partial charge on any atom is 0.137 e. The highest BCUT2D eigenvalue weighted by Crippen LogP contribution is 2.22. The fraction of sp³-hybridized carbons (Fsp3) is 0.400. The normalized spacial score (nSPS) is 10.6. The summed E-state index contributed by atoms with van der Waals surface area (Å²) in [7, 11) is 0.